The summed E-state index contributed by atoms with van der Waals surface area (Å²) in [4.78, 5) is 0.367. The molecule has 0 saturated heterocycles. The van der Waals surface area contributed by atoms with Crippen molar-refractivity contribution in [3.8, 4) is 0 Å². The summed E-state index contributed by atoms with van der Waals surface area (Å²) in [6.07, 6.45) is 4.66. The third-order valence-corrected chi connectivity index (χ3v) is 3.83. The van der Waals surface area contributed by atoms with Crippen LogP contribution in [0.5, 0.6) is 0 Å². The fraction of sp³-hybridized carbons (Fsp3) is 0.385. The molecule has 88 valence electrons. The summed E-state index contributed by atoms with van der Waals surface area (Å²) in [5.74, 6) is 0. The molecule has 1 aromatic carbocycles. The number of benzene rings is 1. The first-order valence-corrected chi connectivity index (χ1v) is 7.09. The fourth-order valence-corrected chi connectivity index (χ4v) is 2.39. The van der Waals surface area contributed by atoms with Crippen LogP contribution in [0.2, 0.25) is 0 Å². The second-order valence-electron chi connectivity index (χ2n) is 3.87. The highest BCUT2D eigenvalue weighted by Crippen LogP contribution is 2.13. The first-order chi connectivity index (χ1) is 7.56. The largest absolute Gasteiger partial charge is 0.219 e. The highest BCUT2D eigenvalue weighted by atomic mass is 32.2. The van der Waals surface area contributed by atoms with Gasteiger partial charge in [-0.25, -0.2) is 8.42 Å². The minimum absolute atomic E-state index is 0.367. The van der Waals surface area contributed by atoms with E-state index in [1.54, 1.807) is 18.2 Å². The lowest BCUT2D eigenvalue weighted by molar-refractivity contribution is 0.604. The van der Waals surface area contributed by atoms with Crippen LogP contribution >= 0.6 is 0 Å². The number of aryl methyl sites for hydroxylation is 1. The molecule has 1 aromatic rings. The average Bonchev–Trinajstić information content (AvgIpc) is 2.25. The van der Waals surface area contributed by atoms with Crippen molar-refractivity contribution in [1.82, 2.24) is 0 Å². The van der Waals surface area contributed by atoms with Gasteiger partial charge in [-0.3, -0.25) is 0 Å². The molecule has 2 nitrogen and oxygen atoms in total. The Morgan fingerprint density at radius 1 is 1.19 bits per heavy atom. The van der Waals surface area contributed by atoms with Crippen LogP contribution in [-0.4, -0.2) is 8.42 Å². The van der Waals surface area contributed by atoms with Crippen LogP contribution in [0.25, 0.3) is 0 Å². The van der Waals surface area contributed by atoms with Crippen molar-refractivity contribution in [3.05, 3.63) is 41.3 Å². The van der Waals surface area contributed by atoms with Gasteiger partial charge in [-0.05, 0) is 25.5 Å². The van der Waals surface area contributed by atoms with Gasteiger partial charge in [0.15, 0.2) is 9.84 Å². The molecule has 0 unspecified atom stereocenters. The minimum Gasteiger partial charge on any atom is -0.219 e. The van der Waals surface area contributed by atoms with E-state index in [9.17, 15) is 8.42 Å². The van der Waals surface area contributed by atoms with E-state index in [2.05, 4.69) is 6.92 Å². The van der Waals surface area contributed by atoms with Crippen LogP contribution in [0.3, 0.4) is 0 Å². The van der Waals surface area contributed by atoms with Crippen molar-refractivity contribution in [2.45, 2.75) is 38.0 Å². The summed E-state index contributed by atoms with van der Waals surface area (Å²) < 4.78 is 23.6. The van der Waals surface area contributed by atoms with Gasteiger partial charge in [0, 0.05) is 5.41 Å². The molecule has 0 N–H and O–H groups in total. The van der Waals surface area contributed by atoms with Crippen LogP contribution < -0.4 is 0 Å². The summed E-state index contributed by atoms with van der Waals surface area (Å²) in [6, 6.07) is 6.92. The zero-order chi connectivity index (χ0) is 12.0. The first-order valence-electron chi connectivity index (χ1n) is 5.54. The maximum absolute atomic E-state index is 11.8. The lowest BCUT2D eigenvalue weighted by atomic mass is 10.2. The lowest BCUT2D eigenvalue weighted by Crippen LogP contribution is -1.95. The van der Waals surface area contributed by atoms with Gasteiger partial charge < -0.3 is 0 Å². The molecule has 0 aromatic heterocycles. The molecule has 0 fully saturated rings. The predicted octanol–water partition coefficient (Wildman–Crippen LogP) is 3.47. The van der Waals surface area contributed by atoms with E-state index in [-0.39, 0.29) is 0 Å². The molecule has 0 amide bonds. The van der Waals surface area contributed by atoms with Gasteiger partial charge in [0.05, 0.1) is 4.90 Å². The molecule has 0 spiro atoms. The molecule has 0 saturated carbocycles. The summed E-state index contributed by atoms with van der Waals surface area (Å²) >= 11 is 0. The predicted molar refractivity (Wildman–Crippen MR) is 67.0 cm³/mol. The van der Waals surface area contributed by atoms with Gasteiger partial charge in [0.2, 0.25) is 0 Å². The minimum atomic E-state index is -3.24. The average molecular weight is 238 g/mol. The molecule has 0 aliphatic rings. The Kier molecular flexibility index (Phi) is 4.74. The molecule has 16 heavy (non-hydrogen) atoms. The van der Waals surface area contributed by atoms with E-state index in [0.717, 1.165) is 24.8 Å². The summed E-state index contributed by atoms with van der Waals surface area (Å²) in [6.45, 7) is 4.02. The Bertz CT molecular complexity index is 441. The third-order valence-electron chi connectivity index (χ3n) is 2.35. The van der Waals surface area contributed by atoms with Crippen LogP contribution in [0.15, 0.2) is 40.6 Å². The second-order valence-corrected chi connectivity index (χ2v) is 5.71. The number of allylic oxidation sites excluding steroid dienone is 1. The van der Waals surface area contributed by atoms with Gasteiger partial charge in [-0.2, -0.15) is 0 Å². The fourth-order valence-electron chi connectivity index (χ4n) is 1.32. The Morgan fingerprint density at radius 3 is 2.38 bits per heavy atom. The van der Waals surface area contributed by atoms with Crippen LogP contribution in [-0.2, 0) is 9.84 Å². The molecule has 0 bridgehead atoms. The quantitative estimate of drug-likeness (QED) is 0.736. The van der Waals surface area contributed by atoms with E-state index >= 15 is 0 Å². The molecule has 0 aliphatic carbocycles. The third kappa shape index (κ3) is 3.81. The van der Waals surface area contributed by atoms with Crippen LogP contribution in [0.4, 0.5) is 0 Å². The molecule has 0 atom stereocenters. The molecular weight excluding hydrogens is 220 g/mol. The molecule has 3 heteroatoms. The number of unbranched alkanes of at least 4 members (excludes halogenated alkanes) is 2. The summed E-state index contributed by atoms with van der Waals surface area (Å²) in [7, 11) is -3.24. The summed E-state index contributed by atoms with van der Waals surface area (Å²) in [5.41, 5.74) is 1.06. The van der Waals surface area contributed by atoms with Gasteiger partial charge in [0.25, 0.3) is 0 Å². The Balaban J connectivity index is 2.78. The zero-order valence-electron chi connectivity index (χ0n) is 9.81. The number of rotatable bonds is 5. The molecule has 0 radical (unpaired) electrons. The highest BCUT2D eigenvalue weighted by Gasteiger charge is 2.08. The normalized spacial score (nSPS) is 12.1. The smallest absolute Gasteiger partial charge is 0.199 e. The van der Waals surface area contributed by atoms with Gasteiger partial charge in [-0.15, -0.1) is 0 Å². The monoisotopic (exact) mass is 238 g/mol. The van der Waals surface area contributed by atoms with Gasteiger partial charge >= 0.3 is 0 Å². The van der Waals surface area contributed by atoms with E-state index in [1.807, 2.05) is 19.1 Å². The number of hydrogen-bond donors (Lipinski definition) is 0. The maximum atomic E-state index is 11.8. The van der Waals surface area contributed by atoms with Crippen molar-refractivity contribution < 1.29 is 8.42 Å². The van der Waals surface area contributed by atoms with Crippen molar-refractivity contribution in [1.29, 1.82) is 0 Å². The maximum Gasteiger partial charge on any atom is 0.199 e. The van der Waals surface area contributed by atoms with Crippen molar-refractivity contribution in [3.63, 3.8) is 0 Å². The van der Waals surface area contributed by atoms with Gasteiger partial charge in [0.1, 0.15) is 0 Å². The summed E-state index contributed by atoms with van der Waals surface area (Å²) in [5, 5.41) is 1.31. The zero-order valence-corrected chi connectivity index (χ0v) is 10.6. The standard InChI is InChI=1S/C13H18O2S/c1-3-4-5-6-11-16(14,15)13-9-7-12(2)8-10-13/h6-11H,3-5H2,1-2H3/b11-6+. The van der Waals surface area contributed by atoms with Crippen LogP contribution in [0.1, 0.15) is 31.7 Å². The second kappa shape index (κ2) is 5.85. The van der Waals surface area contributed by atoms with Crippen molar-refractivity contribution in [2.24, 2.45) is 0 Å². The Hall–Kier alpha value is -1.09. The number of sulfone groups is 1. The molecule has 0 aliphatic heterocycles. The van der Waals surface area contributed by atoms with Crippen molar-refractivity contribution in [2.75, 3.05) is 0 Å². The SMILES string of the molecule is CCCC/C=C/S(=O)(=O)c1ccc(C)cc1. The van der Waals surface area contributed by atoms with Gasteiger partial charge in [-0.1, -0.05) is 43.5 Å². The van der Waals surface area contributed by atoms with E-state index < -0.39 is 9.84 Å². The van der Waals surface area contributed by atoms with Crippen molar-refractivity contribution >= 4 is 9.84 Å². The Morgan fingerprint density at radius 2 is 1.81 bits per heavy atom. The molecular formula is C13H18O2S. The van der Waals surface area contributed by atoms with E-state index in [0.29, 0.717) is 4.90 Å². The number of hydrogen-bond acceptors (Lipinski definition) is 2. The first kappa shape index (κ1) is 13.0. The topological polar surface area (TPSA) is 34.1 Å². The van der Waals surface area contributed by atoms with E-state index in [1.165, 1.54) is 5.41 Å². The highest BCUT2D eigenvalue weighted by molar-refractivity contribution is 7.94. The lowest BCUT2D eigenvalue weighted by Gasteiger charge is -1.99. The van der Waals surface area contributed by atoms with E-state index in [4.69, 9.17) is 0 Å². The van der Waals surface area contributed by atoms with Crippen LogP contribution in [0, 0.1) is 6.92 Å². The molecule has 1 rings (SSSR count). The molecule has 0 heterocycles. The Labute approximate surface area is 97.9 Å².